The Kier molecular flexibility index (Phi) is 3.67. The standard InChI is InChI=1S/C14H19NO2/c1-17-12-9-5-8-11(13(12)15)14(16)10-6-3-2-4-7-10/h5,8-10H,2-4,6-7,15H2,1H3. The highest BCUT2D eigenvalue weighted by molar-refractivity contribution is 6.03. The van der Waals surface area contributed by atoms with Gasteiger partial charge in [-0.3, -0.25) is 4.79 Å². The lowest BCUT2D eigenvalue weighted by atomic mass is 9.83. The Morgan fingerprint density at radius 1 is 1.29 bits per heavy atom. The van der Waals surface area contributed by atoms with Gasteiger partial charge in [0.25, 0.3) is 0 Å². The molecule has 0 atom stereocenters. The van der Waals surface area contributed by atoms with Crippen LogP contribution in [-0.2, 0) is 0 Å². The van der Waals surface area contributed by atoms with Gasteiger partial charge in [-0.25, -0.2) is 0 Å². The van der Waals surface area contributed by atoms with Crippen molar-refractivity contribution in [1.29, 1.82) is 0 Å². The van der Waals surface area contributed by atoms with Crippen LogP contribution in [0.2, 0.25) is 0 Å². The number of hydrogen-bond acceptors (Lipinski definition) is 3. The molecule has 1 aliphatic rings. The third kappa shape index (κ3) is 2.43. The van der Waals surface area contributed by atoms with Crippen LogP contribution in [0.3, 0.4) is 0 Å². The van der Waals surface area contributed by atoms with Crippen LogP contribution in [0, 0.1) is 5.92 Å². The molecule has 1 aromatic carbocycles. The van der Waals surface area contributed by atoms with E-state index >= 15 is 0 Å². The molecule has 0 aliphatic heterocycles. The van der Waals surface area contributed by atoms with Crippen LogP contribution in [0.15, 0.2) is 18.2 Å². The van der Waals surface area contributed by atoms with Crippen molar-refractivity contribution in [2.75, 3.05) is 12.8 Å². The van der Waals surface area contributed by atoms with Gasteiger partial charge in [-0.05, 0) is 25.0 Å². The Hall–Kier alpha value is -1.51. The average molecular weight is 233 g/mol. The highest BCUT2D eigenvalue weighted by Crippen LogP contribution is 2.31. The lowest BCUT2D eigenvalue weighted by Gasteiger charge is -2.21. The first-order valence-corrected chi connectivity index (χ1v) is 6.20. The van der Waals surface area contributed by atoms with Crippen molar-refractivity contribution in [3.05, 3.63) is 23.8 Å². The highest BCUT2D eigenvalue weighted by atomic mass is 16.5. The summed E-state index contributed by atoms with van der Waals surface area (Å²) < 4.78 is 5.15. The summed E-state index contributed by atoms with van der Waals surface area (Å²) in [6, 6.07) is 5.41. The summed E-state index contributed by atoms with van der Waals surface area (Å²) in [4.78, 5) is 12.4. The van der Waals surface area contributed by atoms with Crippen LogP contribution >= 0.6 is 0 Å². The number of Topliss-reactive ketones (excluding diaryl/α,β-unsaturated/α-hetero) is 1. The predicted molar refractivity (Wildman–Crippen MR) is 68.3 cm³/mol. The number of carbonyl (C=O) groups is 1. The molecule has 0 aromatic heterocycles. The predicted octanol–water partition coefficient (Wildman–Crippen LogP) is 3.04. The minimum absolute atomic E-state index is 0.151. The molecule has 2 N–H and O–H groups in total. The quantitative estimate of drug-likeness (QED) is 0.645. The molecule has 3 heteroatoms. The number of ketones is 1. The van der Waals surface area contributed by atoms with Crippen molar-refractivity contribution in [2.45, 2.75) is 32.1 Å². The molecule has 1 aromatic rings. The third-order valence-corrected chi connectivity index (χ3v) is 3.53. The molecule has 1 aliphatic carbocycles. The van der Waals surface area contributed by atoms with E-state index in [4.69, 9.17) is 10.5 Å². The van der Waals surface area contributed by atoms with Gasteiger partial charge in [0.2, 0.25) is 0 Å². The van der Waals surface area contributed by atoms with Gasteiger partial charge in [0.05, 0.1) is 12.8 Å². The van der Waals surface area contributed by atoms with E-state index in [9.17, 15) is 4.79 Å². The molecule has 92 valence electrons. The lowest BCUT2D eigenvalue weighted by molar-refractivity contribution is 0.0890. The van der Waals surface area contributed by atoms with Gasteiger partial charge < -0.3 is 10.5 Å². The van der Waals surface area contributed by atoms with Crippen LogP contribution in [0.5, 0.6) is 5.75 Å². The number of carbonyl (C=O) groups excluding carboxylic acids is 1. The van der Waals surface area contributed by atoms with Gasteiger partial charge in [-0.2, -0.15) is 0 Å². The fourth-order valence-electron chi connectivity index (χ4n) is 2.52. The first-order valence-electron chi connectivity index (χ1n) is 6.20. The van der Waals surface area contributed by atoms with Gasteiger partial charge in [0, 0.05) is 11.5 Å². The minimum Gasteiger partial charge on any atom is -0.495 e. The van der Waals surface area contributed by atoms with Crippen molar-refractivity contribution < 1.29 is 9.53 Å². The normalized spacial score (nSPS) is 16.8. The van der Waals surface area contributed by atoms with Gasteiger partial charge >= 0.3 is 0 Å². The first-order chi connectivity index (χ1) is 8.24. The number of benzene rings is 1. The van der Waals surface area contributed by atoms with Gasteiger partial charge in [-0.1, -0.05) is 25.3 Å². The summed E-state index contributed by atoms with van der Waals surface area (Å²) >= 11 is 0. The Labute approximate surface area is 102 Å². The van der Waals surface area contributed by atoms with E-state index in [0.29, 0.717) is 17.0 Å². The minimum atomic E-state index is 0.151. The lowest BCUT2D eigenvalue weighted by Crippen LogP contribution is -2.19. The zero-order valence-corrected chi connectivity index (χ0v) is 10.2. The SMILES string of the molecule is COc1cccc(C(=O)C2CCCCC2)c1N. The Balaban J connectivity index is 2.23. The molecule has 17 heavy (non-hydrogen) atoms. The van der Waals surface area contributed by atoms with E-state index in [-0.39, 0.29) is 11.7 Å². The number of para-hydroxylation sites is 1. The fourth-order valence-corrected chi connectivity index (χ4v) is 2.52. The maximum absolute atomic E-state index is 12.4. The maximum atomic E-state index is 12.4. The van der Waals surface area contributed by atoms with Crippen LogP contribution in [-0.4, -0.2) is 12.9 Å². The van der Waals surface area contributed by atoms with Gasteiger partial charge in [-0.15, -0.1) is 0 Å². The fraction of sp³-hybridized carbons (Fsp3) is 0.500. The smallest absolute Gasteiger partial charge is 0.168 e. The van der Waals surface area contributed by atoms with Crippen molar-refractivity contribution in [3.8, 4) is 5.75 Å². The van der Waals surface area contributed by atoms with Crippen LogP contribution in [0.25, 0.3) is 0 Å². The molecule has 0 spiro atoms. The second kappa shape index (κ2) is 5.21. The van der Waals surface area contributed by atoms with Crippen molar-refractivity contribution in [2.24, 2.45) is 5.92 Å². The van der Waals surface area contributed by atoms with Crippen molar-refractivity contribution in [1.82, 2.24) is 0 Å². The van der Waals surface area contributed by atoms with Crippen LogP contribution in [0.4, 0.5) is 5.69 Å². The molecule has 1 fully saturated rings. The topological polar surface area (TPSA) is 52.3 Å². The zero-order valence-electron chi connectivity index (χ0n) is 10.2. The molecule has 2 rings (SSSR count). The summed E-state index contributed by atoms with van der Waals surface area (Å²) in [6.45, 7) is 0. The molecule has 0 radical (unpaired) electrons. The third-order valence-electron chi connectivity index (χ3n) is 3.53. The van der Waals surface area contributed by atoms with E-state index in [1.807, 2.05) is 6.07 Å². The number of nitrogens with two attached hydrogens (primary N) is 1. The summed E-state index contributed by atoms with van der Waals surface area (Å²) in [5, 5.41) is 0. The molecule has 0 heterocycles. The van der Waals surface area contributed by atoms with E-state index in [0.717, 1.165) is 25.7 Å². The van der Waals surface area contributed by atoms with Crippen LogP contribution in [0.1, 0.15) is 42.5 Å². The van der Waals surface area contributed by atoms with E-state index < -0.39 is 0 Å². The average Bonchev–Trinajstić information content (AvgIpc) is 2.39. The summed E-state index contributed by atoms with van der Waals surface area (Å²) in [7, 11) is 1.57. The maximum Gasteiger partial charge on any atom is 0.168 e. The second-order valence-electron chi connectivity index (χ2n) is 4.62. The summed E-state index contributed by atoms with van der Waals surface area (Å²) in [5.41, 5.74) is 7.05. The Morgan fingerprint density at radius 3 is 2.65 bits per heavy atom. The number of nitrogen functional groups attached to an aromatic ring is 1. The first kappa shape index (κ1) is 12.0. The number of methoxy groups -OCH3 is 1. The number of ether oxygens (including phenoxy) is 1. The van der Waals surface area contributed by atoms with E-state index in [1.54, 1.807) is 19.2 Å². The van der Waals surface area contributed by atoms with E-state index in [2.05, 4.69) is 0 Å². The van der Waals surface area contributed by atoms with Crippen LogP contribution < -0.4 is 10.5 Å². The molecule has 0 unspecified atom stereocenters. The van der Waals surface area contributed by atoms with Gasteiger partial charge in [0.15, 0.2) is 5.78 Å². The number of hydrogen-bond donors (Lipinski definition) is 1. The van der Waals surface area contributed by atoms with Gasteiger partial charge in [0.1, 0.15) is 5.75 Å². The zero-order chi connectivity index (χ0) is 12.3. The van der Waals surface area contributed by atoms with E-state index in [1.165, 1.54) is 6.42 Å². The van der Waals surface area contributed by atoms with Crippen molar-refractivity contribution in [3.63, 3.8) is 0 Å². The molecule has 1 saturated carbocycles. The Morgan fingerprint density at radius 2 is 2.00 bits per heavy atom. The monoisotopic (exact) mass is 233 g/mol. The summed E-state index contributed by atoms with van der Waals surface area (Å²) in [5.74, 6) is 0.922. The number of anilines is 1. The molecular weight excluding hydrogens is 214 g/mol. The molecule has 0 bridgehead atoms. The Bertz CT molecular complexity index is 409. The summed E-state index contributed by atoms with van der Waals surface area (Å²) in [6.07, 6.45) is 5.54. The highest BCUT2D eigenvalue weighted by Gasteiger charge is 2.24. The molecule has 0 saturated heterocycles. The molecular formula is C14H19NO2. The van der Waals surface area contributed by atoms with Crippen molar-refractivity contribution >= 4 is 11.5 Å². The largest absolute Gasteiger partial charge is 0.495 e. The molecule has 3 nitrogen and oxygen atoms in total. The number of rotatable bonds is 3. The molecule has 0 amide bonds. The second-order valence-corrected chi connectivity index (χ2v) is 4.62.